The highest BCUT2D eigenvalue weighted by Crippen LogP contribution is 2.48. The van der Waals surface area contributed by atoms with E-state index in [0.717, 1.165) is 5.52 Å². The molecular formula is C23H24FN9O2. The Kier molecular flexibility index (Phi) is 4.92. The number of aryl methyl sites for hydroxylation is 1. The van der Waals surface area contributed by atoms with E-state index in [2.05, 4.69) is 35.5 Å². The van der Waals surface area contributed by atoms with Crippen LogP contribution in [0.4, 0.5) is 15.9 Å². The summed E-state index contributed by atoms with van der Waals surface area (Å²) in [6.45, 7) is 3.15. The molecule has 2 fully saturated rings. The Morgan fingerprint density at radius 1 is 1.26 bits per heavy atom. The van der Waals surface area contributed by atoms with Crippen molar-refractivity contribution in [3.63, 3.8) is 0 Å². The summed E-state index contributed by atoms with van der Waals surface area (Å²) in [6.07, 6.45) is 3.12. The van der Waals surface area contributed by atoms with Gasteiger partial charge in [-0.25, -0.2) is 14.4 Å². The maximum atomic E-state index is 14.5. The third-order valence-electron chi connectivity index (χ3n) is 6.73. The number of carbonyl (C=O) groups excluding carboxylic acids is 1. The van der Waals surface area contributed by atoms with Crippen molar-refractivity contribution in [3.05, 3.63) is 36.2 Å². The average Bonchev–Trinajstić information content (AvgIpc) is 3.17. The number of hydrogen-bond acceptors (Lipinski definition) is 9. The van der Waals surface area contributed by atoms with Gasteiger partial charge in [0.25, 0.3) is 0 Å². The first kappa shape index (κ1) is 21.5. The van der Waals surface area contributed by atoms with Crippen LogP contribution >= 0.6 is 0 Å². The van der Waals surface area contributed by atoms with Crippen LogP contribution in [0.3, 0.4) is 0 Å². The van der Waals surface area contributed by atoms with Gasteiger partial charge in [-0.05, 0) is 19.1 Å². The number of nitrogens with two attached hydrogens (primary N) is 1. The molecule has 0 spiro atoms. The molecule has 1 aromatic carbocycles. The number of nitrogens with zero attached hydrogens (tertiary/aromatic N) is 5. The highest BCUT2D eigenvalue weighted by molar-refractivity contribution is 6.14. The van der Waals surface area contributed by atoms with Crippen molar-refractivity contribution in [2.45, 2.75) is 13.0 Å². The summed E-state index contributed by atoms with van der Waals surface area (Å²) in [4.78, 5) is 34.8. The zero-order chi connectivity index (χ0) is 24.3. The van der Waals surface area contributed by atoms with Crippen LogP contribution in [0.1, 0.15) is 5.82 Å². The topological polar surface area (TPSA) is 147 Å². The number of piperidine rings is 1. The minimum atomic E-state index is -0.361. The number of aromatic amines is 1. The number of hydrogen-bond donors (Lipinski definition) is 4. The third kappa shape index (κ3) is 3.66. The Bertz CT molecular complexity index is 1440. The fraction of sp³-hybridized carbons (Fsp3) is 0.348. The normalized spacial score (nSPS) is 20.8. The molecule has 5 N–H and O–H groups in total. The van der Waals surface area contributed by atoms with Gasteiger partial charge in [0, 0.05) is 43.4 Å². The van der Waals surface area contributed by atoms with Crippen LogP contribution in [0.15, 0.2) is 24.5 Å². The smallest absolute Gasteiger partial charge is 0.326 e. The van der Waals surface area contributed by atoms with Gasteiger partial charge in [-0.15, -0.1) is 0 Å². The van der Waals surface area contributed by atoms with Crippen LogP contribution in [-0.2, 0) is 4.79 Å². The number of benzene rings is 1. The molecule has 180 valence electrons. The predicted octanol–water partition coefficient (Wildman–Crippen LogP) is 1.69. The van der Waals surface area contributed by atoms with E-state index in [-0.39, 0.29) is 30.3 Å². The summed E-state index contributed by atoms with van der Waals surface area (Å²) in [5.41, 5.74) is 7.32. The summed E-state index contributed by atoms with van der Waals surface area (Å²) in [6, 6.07) is 3.17. The molecule has 6 rings (SSSR count). The molecule has 1 saturated heterocycles. The summed E-state index contributed by atoms with van der Waals surface area (Å²) in [5, 5.41) is 7.41. The van der Waals surface area contributed by atoms with Crippen molar-refractivity contribution in [1.29, 1.82) is 0 Å². The first-order chi connectivity index (χ1) is 16.9. The van der Waals surface area contributed by atoms with Crippen LogP contribution in [0.5, 0.6) is 11.8 Å². The summed E-state index contributed by atoms with van der Waals surface area (Å²) < 4.78 is 20.4. The zero-order valence-corrected chi connectivity index (χ0v) is 19.2. The first-order valence-corrected chi connectivity index (χ1v) is 11.4. The summed E-state index contributed by atoms with van der Waals surface area (Å²) in [5.74, 6) is 1.78. The highest BCUT2D eigenvalue weighted by atomic mass is 19.1. The predicted molar refractivity (Wildman–Crippen MR) is 128 cm³/mol. The van der Waals surface area contributed by atoms with Crippen molar-refractivity contribution in [2.75, 3.05) is 36.9 Å². The monoisotopic (exact) mass is 477 g/mol. The maximum absolute atomic E-state index is 14.5. The van der Waals surface area contributed by atoms with Crippen molar-refractivity contribution in [3.8, 4) is 11.8 Å². The molecule has 11 nitrogen and oxygen atoms in total. The van der Waals surface area contributed by atoms with E-state index in [1.54, 1.807) is 26.4 Å². The molecule has 4 aromatic rings. The lowest BCUT2D eigenvalue weighted by Gasteiger charge is -2.22. The Morgan fingerprint density at radius 3 is 2.69 bits per heavy atom. The lowest BCUT2D eigenvalue weighted by Crippen LogP contribution is -2.37. The number of aromatic nitrogens is 5. The van der Waals surface area contributed by atoms with Gasteiger partial charge >= 0.3 is 6.01 Å². The number of nitrogens with one attached hydrogen (secondary N) is 3. The SMILES string of the molecule is CNc1cc(F)cc2c1[nH]c1nc(Oc3cnc(C)nc3)nc(N3CC4C(C3)C4NC(=O)CN)c12. The Hall–Kier alpha value is -4.06. The van der Waals surface area contributed by atoms with E-state index in [0.29, 0.717) is 64.4 Å². The van der Waals surface area contributed by atoms with E-state index < -0.39 is 0 Å². The first-order valence-electron chi connectivity index (χ1n) is 11.4. The Morgan fingerprint density at radius 2 is 2.00 bits per heavy atom. The number of carbonyl (C=O) groups is 1. The van der Waals surface area contributed by atoms with Gasteiger partial charge in [-0.1, -0.05) is 0 Å². The third-order valence-corrected chi connectivity index (χ3v) is 6.73. The largest absolute Gasteiger partial charge is 0.421 e. The molecule has 1 aliphatic carbocycles. The van der Waals surface area contributed by atoms with E-state index in [1.165, 1.54) is 12.1 Å². The molecule has 12 heteroatoms. The van der Waals surface area contributed by atoms with Gasteiger partial charge in [-0.3, -0.25) is 4.79 Å². The van der Waals surface area contributed by atoms with Gasteiger partial charge in [0.2, 0.25) is 5.91 Å². The molecular weight excluding hydrogens is 453 g/mol. The van der Waals surface area contributed by atoms with Gasteiger partial charge in [-0.2, -0.15) is 9.97 Å². The average molecular weight is 478 g/mol. The highest BCUT2D eigenvalue weighted by Gasteiger charge is 2.57. The number of amides is 1. The molecule has 4 heterocycles. The van der Waals surface area contributed by atoms with Crippen LogP contribution in [-0.4, -0.2) is 63.6 Å². The maximum Gasteiger partial charge on any atom is 0.326 e. The lowest BCUT2D eigenvalue weighted by atomic mass is 10.1. The van der Waals surface area contributed by atoms with Crippen LogP contribution < -0.4 is 26.0 Å². The van der Waals surface area contributed by atoms with Crippen LogP contribution in [0.2, 0.25) is 0 Å². The fourth-order valence-corrected chi connectivity index (χ4v) is 4.99. The van der Waals surface area contributed by atoms with E-state index in [9.17, 15) is 9.18 Å². The Balaban J connectivity index is 1.42. The second kappa shape index (κ2) is 8.01. The quantitative estimate of drug-likeness (QED) is 0.326. The second-order valence-electron chi connectivity index (χ2n) is 8.90. The molecule has 35 heavy (non-hydrogen) atoms. The van der Waals surface area contributed by atoms with Crippen LogP contribution in [0, 0.1) is 24.6 Å². The van der Waals surface area contributed by atoms with E-state index >= 15 is 0 Å². The number of anilines is 2. The molecule has 3 aromatic heterocycles. The number of halogens is 1. The van der Waals surface area contributed by atoms with Crippen molar-refractivity contribution >= 4 is 39.3 Å². The molecule has 2 aliphatic rings. The summed E-state index contributed by atoms with van der Waals surface area (Å²) >= 11 is 0. The summed E-state index contributed by atoms with van der Waals surface area (Å²) in [7, 11) is 1.74. The van der Waals surface area contributed by atoms with Crippen molar-refractivity contribution in [1.82, 2.24) is 30.2 Å². The molecule has 2 unspecified atom stereocenters. The van der Waals surface area contributed by atoms with Gasteiger partial charge < -0.3 is 31.0 Å². The van der Waals surface area contributed by atoms with E-state index in [4.69, 9.17) is 15.5 Å². The number of H-pyrrole nitrogens is 1. The molecule has 0 bridgehead atoms. The van der Waals surface area contributed by atoms with Crippen molar-refractivity contribution in [2.24, 2.45) is 17.6 Å². The van der Waals surface area contributed by atoms with Crippen LogP contribution in [0.25, 0.3) is 21.9 Å². The molecule has 1 saturated carbocycles. The minimum Gasteiger partial charge on any atom is -0.421 e. The molecule has 1 amide bonds. The molecule has 0 radical (unpaired) electrons. The van der Waals surface area contributed by atoms with Gasteiger partial charge in [0.1, 0.15) is 23.1 Å². The minimum absolute atomic E-state index is 0.0235. The number of ether oxygens (including phenoxy) is 1. The molecule has 2 atom stereocenters. The Labute approximate surface area is 199 Å². The zero-order valence-electron chi connectivity index (χ0n) is 19.2. The van der Waals surface area contributed by atoms with E-state index in [1.807, 2.05) is 0 Å². The van der Waals surface area contributed by atoms with Crippen molar-refractivity contribution < 1.29 is 13.9 Å². The second-order valence-corrected chi connectivity index (χ2v) is 8.90. The standard InChI is InChI=1S/C23H24FN9O2/c1-10-27-6-12(7-28-10)35-23-31-21-18(13-3-11(24)4-16(26-2)20(13)30-21)22(32-23)33-8-14-15(9-33)19(14)29-17(34)5-25/h3-4,6-7,14-15,19,26H,5,8-9,25H2,1-2H3,(H,29,34)(H,30,31,32). The number of fused-ring (bicyclic) bond motifs is 4. The lowest BCUT2D eigenvalue weighted by molar-refractivity contribution is -0.120. The van der Waals surface area contributed by atoms with Gasteiger partial charge in [0.15, 0.2) is 5.75 Å². The van der Waals surface area contributed by atoms with Gasteiger partial charge in [0.05, 0.1) is 35.5 Å². The molecule has 1 aliphatic heterocycles. The fourth-order valence-electron chi connectivity index (χ4n) is 4.99. The number of rotatable bonds is 6.